The van der Waals surface area contributed by atoms with Crippen molar-refractivity contribution in [2.75, 3.05) is 12.4 Å². The fourth-order valence-corrected chi connectivity index (χ4v) is 1.33. The average Bonchev–Trinajstić information content (AvgIpc) is 2.30. The van der Waals surface area contributed by atoms with Gasteiger partial charge in [-0.15, -0.1) is 0 Å². The van der Waals surface area contributed by atoms with Gasteiger partial charge < -0.3 is 5.32 Å². The summed E-state index contributed by atoms with van der Waals surface area (Å²) in [5, 5.41) is 2.71. The van der Waals surface area contributed by atoms with Gasteiger partial charge >= 0.3 is 5.69 Å². The summed E-state index contributed by atoms with van der Waals surface area (Å²) in [4.78, 5) is 23.5. The van der Waals surface area contributed by atoms with Crippen LogP contribution in [0.4, 0.5) is 5.95 Å². The molecule has 2 aromatic rings. The Kier molecular flexibility index (Phi) is 2.63. The van der Waals surface area contributed by atoms with E-state index < -0.39 is 5.69 Å². The quantitative estimate of drug-likeness (QED) is 0.786. The first-order valence-corrected chi connectivity index (χ1v) is 4.78. The van der Waals surface area contributed by atoms with Crippen LogP contribution >= 0.6 is 0 Å². The van der Waals surface area contributed by atoms with E-state index in [2.05, 4.69) is 20.3 Å². The van der Waals surface area contributed by atoms with Crippen LogP contribution in [0.5, 0.6) is 0 Å². The highest BCUT2D eigenvalue weighted by Crippen LogP contribution is 2.06. The molecule has 0 aliphatic heterocycles. The molecule has 0 bridgehead atoms. The minimum atomic E-state index is -0.402. The summed E-state index contributed by atoms with van der Waals surface area (Å²) in [5.41, 5.74) is 0.492. The molecule has 0 aliphatic rings. The molecular formula is C10H11N5O. The number of nitrogens with one attached hydrogen (secondary N) is 1. The molecule has 2 heterocycles. The second-order valence-electron chi connectivity index (χ2n) is 3.23. The highest BCUT2D eigenvalue weighted by Gasteiger charge is 2.05. The van der Waals surface area contributed by atoms with Gasteiger partial charge in [0.25, 0.3) is 0 Å². The second-order valence-corrected chi connectivity index (χ2v) is 3.23. The second kappa shape index (κ2) is 4.09. The van der Waals surface area contributed by atoms with E-state index in [4.69, 9.17) is 0 Å². The summed E-state index contributed by atoms with van der Waals surface area (Å²) in [6.45, 7) is 1.88. The lowest BCUT2D eigenvalue weighted by molar-refractivity contribution is 0.831. The van der Waals surface area contributed by atoms with Crippen LogP contribution in [0.25, 0.3) is 5.82 Å². The van der Waals surface area contributed by atoms with E-state index in [1.807, 2.05) is 19.1 Å². The third kappa shape index (κ3) is 1.77. The number of nitrogens with zero attached hydrogens (tertiary/aromatic N) is 4. The van der Waals surface area contributed by atoms with E-state index in [0.717, 1.165) is 5.56 Å². The Morgan fingerprint density at radius 2 is 2.19 bits per heavy atom. The van der Waals surface area contributed by atoms with E-state index in [1.54, 1.807) is 13.2 Å². The van der Waals surface area contributed by atoms with Crippen LogP contribution in [-0.2, 0) is 0 Å². The van der Waals surface area contributed by atoms with Crippen LogP contribution in [0, 0.1) is 6.92 Å². The van der Waals surface area contributed by atoms with E-state index in [-0.39, 0.29) is 0 Å². The molecule has 0 fully saturated rings. The van der Waals surface area contributed by atoms with E-state index in [1.165, 1.54) is 10.9 Å². The standard InChI is InChI=1S/C10H11N5O/c1-7-4-3-5-12-8(7)15-6-13-9(11-2)14-10(15)16/h3-6H,1-2H3,(H,11,14,16). The first kappa shape index (κ1) is 10.3. The van der Waals surface area contributed by atoms with Gasteiger partial charge in [0.2, 0.25) is 5.95 Å². The zero-order valence-corrected chi connectivity index (χ0v) is 9.01. The van der Waals surface area contributed by atoms with Crippen LogP contribution in [-0.4, -0.2) is 26.6 Å². The number of aryl methyl sites for hydroxylation is 1. The summed E-state index contributed by atoms with van der Waals surface area (Å²) in [6.07, 6.45) is 3.04. The first-order chi connectivity index (χ1) is 7.72. The van der Waals surface area contributed by atoms with Gasteiger partial charge in [0.15, 0.2) is 0 Å². The number of pyridine rings is 1. The van der Waals surface area contributed by atoms with Crippen LogP contribution in [0.1, 0.15) is 5.56 Å². The van der Waals surface area contributed by atoms with Crippen molar-refractivity contribution >= 4 is 5.95 Å². The predicted molar refractivity (Wildman–Crippen MR) is 59.7 cm³/mol. The molecule has 82 valence electrons. The van der Waals surface area contributed by atoms with Gasteiger partial charge in [-0.3, -0.25) is 0 Å². The molecule has 6 heteroatoms. The molecule has 0 saturated heterocycles. The highest BCUT2D eigenvalue weighted by atomic mass is 16.1. The largest absolute Gasteiger partial charge is 0.357 e. The molecule has 0 amide bonds. The molecule has 2 aromatic heterocycles. The Balaban J connectivity index is 2.58. The van der Waals surface area contributed by atoms with Gasteiger partial charge in [0, 0.05) is 13.2 Å². The minimum absolute atomic E-state index is 0.301. The van der Waals surface area contributed by atoms with Crippen molar-refractivity contribution in [3.05, 3.63) is 40.7 Å². The van der Waals surface area contributed by atoms with E-state index in [0.29, 0.717) is 11.8 Å². The molecule has 0 aromatic carbocycles. The molecule has 0 aliphatic carbocycles. The van der Waals surface area contributed by atoms with Gasteiger partial charge in [-0.2, -0.15) is 4.98 Å². The summed E-state index contributed by atoms with van der Waals surface area (Å²) < 4.78 is 1.32. The minimum Gasteiger partial charge on any atom is -0.357 e. The number of aromatic nitrogens is 4. The van der Waals surface area contributed by atoms with E-state index in [9.17, 15) is 4.79 Å². The normalized spacial score (nSPS) is 10.1. The zero-order chi connectivity index (χ0) is 11.5. The number of hydrogen-bond acceptors (Lipinski definition) is 5. The maximum absolute atomic E-state index is 11.7. The maximum atomic E-state index is 11.7. The Labute approximate surface area is 92.0 Å². The Bertz CT molecular complexity index is 563. The van der Waals surface area contributed by atoms with Crippen LogP contribution in [0.15, 0.2) is 29.5 Å². The van der Waals surface area contributed by atoms with Gasteiger partial charge in [-0.25, -0.2) is 19.3 Å². The third-order valence-corrected chi connectivity index (χ3v) is 2.14. The highest BCUT2D eigenvalue weighted by molar-refractivity contribution is 5.32. The van der Waals surface area contributed by atoms with Crippen molar-refractivity contribution in [2.45, 2.75) is 6.92 Å². The Hall–Kier alpha value is -2.24. The molecule has 0 atom stereocenters. The van der Waals surface area contributed by atoms with Crippen molar-refractivity contribution in [2.24, 2.45) is 0 Å². The Morgan fingerprint density at radius 3 is 2.81 bits per heavy atom. The van der Waals surface area contributed by atoms with E-state index >= 15 is 0 Å². The number of rotatable bonds is 2. The average molecular weight is 217 g/mol. The maximum Gasteiger partial charge on any atom is 0.357 e. The molecule has 1 N–H and O–H groups in total. The van der Waals surface area contributed by atoms with Gasteiger partial charge in [-0.05, 0) is 18.6 Å². The number of anilines is 1. The summed E-state index contributed by atoms with van der Waals surface area (Å²) in [6, 6.07) is 3.69. The Morgan fingerprint density at radius 1 is 1.38 bits per heavy atom. The lowest BCUT2D eigenvalue weighted by atomic mass is 10.3. The number of hydrogen-bond donors (Lipinski definition) is 1. The van der Waals surface area contributed by atoms with Gasteiger partial charge in [0.05, 0.1) is 0 Å². The fourth-order valence-electron chi connectivity index (χ4n) is 1.33. The third-order valence-electron chi connectivity index (χ3n) is 2.14. The summed E-state index contributed by atoms with van der Waals surface area (Å²) >= 11 is 0. The topological polar surface area (TPSA) is 72.7 Å². The molecular weight excluding hydrogens is 206 g/mol. The summed E-state index contributed by atoms with van der Waals surface area (Å²) in [7, 11) is 1.66. The van der Waals surface area contributed by atoms with Gasteiger partial charge in [-0.1, -0.05) is 6.07 Å². The lowest BCUT2D eigenvalue weighted by Gasteiger charge is -2.06. The molecule has 16 heavy (non-hydrogen) atoms. The molecule has 0 saturated carbocycles. The van der Waals surface area contributed by atoms with Crippen molar-refractivity contribution in [3.63, 3.8) is 0 Å². The zero-order valence-electron chi connectivity index (χ0n) is 9.01. The van der Waals surface area contributed by atoms with Crippen molar-refractivity contribution in [1.82, 2.24) is 19.5 Å². The van der Waals surface area contributed by atoms with Crippen molar-refractivity contribution in [3.8, 4) is 5.82 Å². The van der Waals surface area contributed by atoms with Crippen LogP contribution < -0.4 is 11.0 Å². The molecule has 0 spiro atoms. The van der Waals surface area contributed by atoms with Crippen molar-refractivity contribution < 1.29 is 0 Å². The molecule has 6 nitrogen and oxygen atoms in total. The summed E-state index contributed by atoms with van der Waals surface area (Å²) in [5.74, 6) is 0.852. The van der Waals surface area contributed by atoms with Crippen molar-refractivity contribution in [1.29, 1.82) is 0 Å². The van der Waals surface area contributed by atoms with Crippen LogP contribution in [0.3, 0.4) is 0 Å². The fraction of sp³-hybridized carbons (Fsp3) is 0.200. The van der Waals surface area contributed by atoms with Gasteiger partial charge in [0.1, 0.15) is 12.1 Å². The first-order valence-electron chi connectivity index (χ1n) is 4.78. The SMILES string of the molecule is CNc1ncn(-c2ncccc2C)c(=O)n1. The monoisotopic (exact) mass is 217 g/mol. The molecule has 0 unspecified atom stereocenters. The molecule has 2 rings (SSSR count). The predicted octanol–water partition coefficient (Wildman–Crippen LogP) is 0.373. The molecule has 0 radical (unpaired) electrons. The lowest BCUT2D eigenvalue weighted by Crippen LogP contribution is -2.24. The van der Waals surface area contributed by atoms with Crippen LogP contribution in [0.2, 0.25) is 0 Å². The smallest absolute Gasteiger partial charge is 0.357 e.